The average molecular weight is 705 g/mol. The second-order valence-electron chi connectivity index (χ2n) is 14.6. The molecule has 2 heterocycles. The Morgan fingerprint density at radius 1 is 0.545 bits per heavy atom. The first-order valence-electron chi connectivity index (χ1n) is 19.1. The number of anilines is 3. The summed E-state index contributed by atoms with van der Waals surface area (Å²) in [5, 5.41) is 3.31. The van der Waals surface area contributed by atoms with Gasteiger partial charge in [0.1, 0.15) is 11.1 Å². The minimum Gasteiger partial charge on any atom is -0.454 e. The van der Waals surface area contributed by atoms with Crippen molar-refractivity contribution in [3.05, 3.63) is 217 Å². The summed E-state index contributed by atoms with van der Waals surface area (Å²) in [6.45, 7) is 0. The van der Waals surface area contributed by atoms with Crippen LogP contribution in [0.3, 0.4) is 0 Å². The van der Waals surface area contributed by atoms with Crippen molar-refractivity contribution in [2.75, 3.05) is 4.90 Å². The number of benzene rings is 7. The van der Waals surface area contributed by atoms with Gasteiger partial charge >= 0.3 is 0 Å². The standard InChI is InChI=1S/C52H36N2O/c1-4-13-35(14-5-1)36-22-25-40(26-23-36)54(41-27-29-43-37(33-41)24-31-48-50(43)51-49(55-48)21-12-32-53-51)42-28-30-47-45(34-42)44-19-10-11-20-46(44)52(47,38-15-6-2-7-16-38)39-17-8-3-9-18-39/h1-2,4-8,10-34H,3,9H2. The van der Waals surface area contributed by atoms with E-state index in [4.69, 9.17) is 9.40 Å². The second kappa shape index (κ2) is 12.6. The zero-order valence-electron chi connectivity index (χ0n) is 30.2. The molecule has 2 aromatic heterocycles. The zero-order chi connectivity index (χ0) is 36.3. The molecule has 0 spiro atoms. The smallest absolute Gasteiger partial charge is 0.153 e. The summed E-state index contributed by atoms with van der Waals surface area (Å²) in [4.78, 5) is 7.11. The van der Waals surface area contributed by atoms with Gasteiger partial charge in [0.2, 0.25) is 0 Å². The van der Waals surface area contributed by atoms with Gasteiger partial charge in [0.05, 0.1) is 10.8 Å². The Hall–Kier alpha value is -6.97. The molecule has 11 rings (SSSR count). The Labute approximate surface area is 320 Å². The summed E-state index contributed by atoms with van der Waals surface area (Å²) < 4.78 is 6.21. The van der Waals surface area contributed by atoms with Gasteiger partial charge < -0.3 is 9.32 Å². The van der Waals surface area contributed by atoms with Crippen LogP contribution < -0.4 is 4.90 Å². The highest BCUT2D eigenvalue weighted by Gasteiger charge is 2.47. The van der Waals surface area contributed by atoms with Gasteiger partial charge in [-0.05, 0) is 123 Å². The SMILES string of the molecule is C1=CC(C2(c3ccccc3)c3ccccc3-c3cc(N(c4ccc(-c5ccccc5)cc4)c4ccc5c(ccc6oc7cccnc7c65)c4)ccc32)=CCC1. The molecule has 1 unspecified atom stereocenters. The normalized spacial score (nSPS) is 16.0. The molecule has 0 fully saturated rings. The van der Waals surface area contributed by atoms with Crippen molar-refractivity contribution in [3.8, 4) is 22.3 Å². The Morgan fingerprint density at radius 2 is 1.27 bits per heavy atom. The molecule has 55 heavy (non-hydrogen) atoms. The van der Waals surface area contributed by atoms with E-state index in [1.807, 2.05) is 18.3 Å². The van der Waals surface area contributed by atoms with Gasteiger partial charge in [-0.2, -0.15) is 0 Å². The molecule has 0 radical (unpaired) electrons. The van der Waals surface area contributed by atoms with Gasteiger partial charge in [-0.1, -0.05) is 133 Å². The van der Waals surface area contributed by atoms with E-state index in [2.05, 4.69) is 181 Å². The van der Waals surface area contributed by atoms with E-state index in [9.17, 15) is 0 Å². The van der Waals surface area contributed by atoms with E-state index in [0.29, 0.717) is 0 Å². The molecule has 0 aliphatic heterocycles. The summed E-state index contributed by atoms with van der Waals surface area (Å²) in [6.07, 6.45) is 11.1. The van der Waals surface area contributed by atoms with E-state index in [0.717, 1.165) is 62.7 Å². The molecule has 1 atom stereocenters. The predicted octanol–water partition coefficient (Wildman–Crippen LogP) is 13.9. The van der Waals surface area contributed by atoms with Crippen LogP contribution in [-0.4, -0.2) is 4.98 Å². The second-order valence-corrected chi connectivity index (χ2v) is 14.6. The topological polar surface area (TPSA) is 29.3 Å². The summed E-state index contributed by atoms with van der Waals surface area (Å²) in [7, 11) is 0. The van der Waals surface area contributed by atoms with Crippen LogP contribution >= 0.6 is 0 Å². The van der Waals surface area contributed by atoms with Gasteiger partial charge in [-0.3, -0.25) is 4.98 Å². The minimum absolute atomic E-state index is 0.402. The van der Waals surface area contributed by atoms with Gasteiger partial charge in [-0.25, -0.2) is 0 Å². The molecule has 260 valence electrons. The lowest BCUT2D eigenvalue weighted by atomic mass is 9.66. The average Bonchev–Trinajstić information content (AvgIpc) is 3.79. The summed E-state index contributed by atoms with van der Waals surface area (Å²) in [6, 6.07) is 61.7. The maximum Gasteiger partial charge on any atom is 0.153 e. The van der Waals surface area contributed by atoms with Crippen LogP contribution in [0, 0.1) is 0 Å². The molecule has 0 saturated heterocycles. The van der Waals surface area contributed by atoms with Gasteiger partial charge in [0.25, 0.3) is 0 Å². The Kier molecular flexibility index (Phi) is 7.21. The first kappa shape index (κ1) is 31.5. The lowest BCUT2D eigenvalue weighted by molar-refractivity contribution is 0.668. The van der Waals surface area contributed by atoms with Crippen molar-refractivity contribution < 1.29 is 4.42 Å². The van der Waals surface area contributed by atoms with E-state index in [1.54, 1.807) is 0 Å². The third kappa shape index (κ3) is 4.86. The molecule has 2 aliphatic rings. The number of hydrogen-bond acceptors (Lipinski definition) is 3. The van der Waals surface area contributed by atoms with Crippen molar-refractivity contribution in [1.82, 2.24) is 4.98 Å². The molecule has 9 aromatic rings. The summed E-state index contributed by atoms with van der Waals surface area (Å²) in [5.41, 5.74) is 15.7. The van der Waals surface area contributed by atoms with E-state index < -0.39 is 5.41 Å². The Balaban J connectivity index is 1.13. The van der Waals surface area contributed by atoms with Gasteiger partial charge in [0, 0.05) is 23.3 Å². The van der Waals surface area contributed by atoms with E-state index in [1.165, 1.54) is 44.5 Å². The molecule has 3 nitrogen and oxygen atoms in total. The molecule has 0 N–H and O–H groups in total. The fraction of sp³-hybridized carbons (Fsp3) is 0.0577. The maximum absolute atomic E-state index is 6.21. The summed E-state index contributed by atoms with van der Waals surface area (Å²) >= 11 is 0. The van der Waals surface area contributed by atoms with Crippen LogP contribution in [-0.2, 0) is 5.41 Å². The number of fused-ring (bicyclic) bond motifs is 8. The van der Waals surface area contributed by atoms with Crippen LogP contribution in [0.25, 0.3) is 55.1 Å². The van der Waals surface area contributed by atoms with Crippen molar-refractivity contribution >= 4 is 49.9 Å². The van der Waals surface area contributed by atoms with Crippen molar-refractivity contribution in [2.24, 2.45) is 0 Å². The van der Waals surface area contributed by atoms with Crippen LogP contribution in [0.4, 0.5) is 17.1 Å². The van der Waals surface area contributed by atoms with Gasteiger partial charge in [-0.15, -0.1) is 0 Å². The molecule has 0 saturated carbocycles. The Morgan fingerprint density at radius 3 is 2.11 bits per heavy atom. The molecular formula is C52H36N2O. The van der Waals surface area contributed by atoms with Crippen LogP contribution in [0.15, 0.2) is 204 Å². The molecule has 0 bridgehead atoms. The first-order valence-corrected chi connectivity index (χ1v) is 19.1. The quantitative estimate of drug-likeness (QED) is 0.173. The van der Waals surface area contributed by atoms with Crippen LogP contribution in [0.5, 0.6) is 0 Å². The number of nitrogens with zero attached hydrogens (tertiary/aromatic N) is 2. The predicted molar refractivity (Wildman–Crippen MR) is 227 cm³/mol. The summed E-state index contributed by atoms with van der Waals surface area (Å²) in [5.74, 6) is 0. The number of furan rings is 1. The number of hydrogen-bond donors (Lipinski definition) is 0. The first-order chi connectivity index (χ1) is 27.3. The van der Waals surface area contributed by atoms with Crippen molar-refractivity contribution in [2.45, 2.75) is 18.3 Å². The van der Waals surface area contributed by atoms with Crippen molar-refractivity contribution in [1.29, 1.82) is 0 Å². The van der Waals surface area contributed by atoms with E-state index in [-0.39, 0.29) is 0 Å². The van der Waals surface area contributed by atoms with Crippen LogP contribution in [0.2, 0.25) is 0 Å². The fourth-order valence-electron chi connectivity index (χ4n) is 9.21. The lowest BCUT2D eigenvalue weighted by Gasteiger charge is -2.36. The Bertz CT molecular complexity index is 2980. The molecular weight excluding hydrogens is 669 g/mol. The van der Waals surface area contributed by atoms with Crippen molar-refractivity contribution in [3.63, 3.8) is 0 Å². The number of rotatable bonds is 6. The molecule has 7 aromatic carbocycles. The van der Waals surface area contributed by atoms with Gasteiger partial charge in [0.15, 0.2) is 5.58 Å². The lowest BCUT2D eigenvalue weighted by Crippen LogP contribution is -2.29. The fourth-order valence-corrected chi connectivity index (χ4v) is 9.21. The zero-order valence-corrected chi connectivity index (χ0v) is 30.2. The minimum atomic E-state index is -0.402. The maximum atomic E-state index is 6.21. The number of allylic oxidation sites excluding steroid dienone is 4. The highest BCUT2D eigenvalue weighted by Crippen LogP contribution is 2.58. The number of aromatic nitrogens is 1. The third-order valence-corrected chi connectivity index (χ3v) is 11.6. The third-order valence-electron chi connectivity index (χ3n) is 11.6. The number of pyridine rings is 1. The van der Waals surface area contributed by atoms with Crippen LogP contribution in [0.1, 0.15) is 29.5 Å². The monoisotopic (exact) mass is 704 g/mol. The molecule has 0 amide bonds. The highest BCUT2D eigenvalue weighted by atomic mass is 16.3. The molecule has 2 aliphatic carbocycles. The molecule has 3 heteroatoms. The van der Waals surface area contributed by atoms with E-state index >= 15 is 0 Å². The highest BCUT2D eigenvalue weighted by molar-refractivity contribution is 6.17. The largest absolute Gasteiger partial charge is 0.454 e.